The second-order valence-corrected chi connectivity index (χ2v) is 9.52. The molecule has 2 aliphatic carbocycles. The summed E-state index contributed by atoms with van der Waals surface area (Å²) < 4.78 is 0. The zero-order valence-corrected chi connectivity index (χ0v) is 17.9. The van der Waals surface area contributed by atoms with Gasteiger partial charge in [-0.05, 0) is 43.3 Å². The number of thiocarbonyl (C=S) groups is 1. The van der Waals surface area contributed by atoms with Gasteiger partial charge < -0.3 is 15.1 Å². The summed E-state index contributed by atoms with van der Waals surface area (Å²) in [5, 5.41) is 4.73. The molecule has 152 valence electrons. The summed E-state index contributed by atoms with van der Waals surface area (Å²) in [6.07, 6.45) is 5.60. The van der Waals surface area contributed by atoms with Crippen molar-refractivity contribution in [2.24, 2.45) is 11.8 Å². The fraction of sp³-hybridized carbons (Fsp3) is 0.480. The molecule has 2 saturated carbocycles. The number of nitrogens with zero attached hydrogens (tertiary/aromatic N) is 1. The summed E-state index contributed by atoms with van der Waals surface area (Å²) >= 11 is 5.82. The number of hydrogen-bond acceptors (Lipinski definition) is 1. The molecular formula is C25H32N3S+. The van der Waals surface area contributed by atoms with E-state index in [4.69, 9.17) is 12.2 Å². The van der Waals surface area contributed by atoms with Gasteiger partial charge in [-0.25, -0.2) is 0 Å². The molecule has 1 heterocycles. The Hall–Kier alpha value is -1.91. The van der Waals surface area contributed by atoms with Gasteiger partial charge in [0.15, 0.2) is 5.11 Å². The van der Waals surface area contributed by atoms with Gasteiger partial charge in [-0.2, -0.15) is 0 Å². The number of nitrogens with one attached hydrogen (secondary N) is 2. The van der Waals surface area contributed by atoms with Crippen LogP contribution in [0.25, 0.3) is 0 Å². The van der Waals surface area contributed by atoms with Crippen LogP contribution in [-0.2, 0) is 0 Å². The molecule has 3 atom stereocenters. The van der Waals surface area contributed by atoms with Crippen LogP contribution >= 0.6 is 12.2 Å². The highest BCUT2D eigenvalue weighted by Gasteiger charge is 2.40. The third-order valence-electron chi connectivity index (χ3n) is 7.41. The average Bonchev–Trinajstić information content (AvgIpc) is 3.39. The molecule has 3 nitrogen and oxygen atoms in total. The molecule has 4 heteroatoms. The second-order valence-electron chi connectivity index (χ2n) is 9.13. The minimum Gasteiger partial charge on any atom is -0.360 e. The summed E-state index contributed by atoms with van der Waals surface area (Å²) in [5.41, 5.74) is 2.81. The van der Waals surface area contributed by atoms with Crippen molar-refractivity contribution < 1.29 is 4.90 Å². The van der Waals surface area contributed by atoms with Crippen LogP contribution in [0, 0.1) is 11.8 Å². The molecule has 2 aromatic carbocycles. The quantitative estimate of drug-likeness (QED) is 0.762. The van der Waals surface area contributed by atoms with Gasteiger partial charge >= 0.3 is 0 Å². The van der Waals surface area contributed by atoms with Gasteiger partial charge in [0.2, 0.25) is 0 Å². The van der Waals surface area contributed by atoms with E-state index in [1.165, 1.54) is 36.8 Å². The molecule has 0 unspecified atom stereocenters. The molecule has 0 spiro atoms. The lowest BCUT2D eigenvalue weighted by atomic mass is 9.95. The molecule has 0 aromatic heterocycles. The molecule has 1 aliphatic heterocycles. The first kappa shape index (κ1) is 19.1. The van der Waals surface area contributed by atoms with E-state index < -0.39 is 0 Å². The highest BCUT2D eigenvalue weighted by atomic mass is 32.1. The Balaban J connectivity index is 1.24. The summed E-state index contributed by atoms with van der Waals surface area (Å²) in [4.78, 5) is 4.05. The molecule has 0 amide bonds. The molecule has 2 N–H and O–H groups in total. The lowest BCUT2D eigenvalue weighted by Gasteiger charge is -2.39. The van der Waals surface area contributed by atoms with Crippen molar-refractivity contribution in [3.8, 4) is 0 Å². The van der Waals surface area contributed by atoms with E-state index in [1.54, 1.807) is 4.90 Å². The van der Waals surface area contributed by atoms with Crippen molar-refractivity contribution in [1.29, 1.82) is 0 Å². The summed E-state index contributed by atoms with van der Waals surface area (Å²) in [7, 11) is 0. The number of fused-ring (bicyclic) bond motifs is 2. The van der Waals surface area contributed by atoms with Crippen molar-refractivity contribution in [2.45, 2.75) is 37.8 Å². The monoisotopic (exact) mass is 406 g/mol. The Bertz CT molecular complexity index is 777. The Labute approximate surface area is 180 Å². The van der Waals surface area contributed by atoms with Gasteiger partial charge in [0, 0.05) is 17.2 Å². The smallest absolute Gasteiger partial charge is 0.169 e. The highest BCUT2D eigenvalue weighted by molar-refractivity contribution is 7.80. The van der Waals surface area contributed by atoms with Gasteiger partial charge in [-0.1, -0.05) is 67.1 Å². The van der Waals surface area contributed by atoms with E-state index in [0.29, 0.717) is 12.1 Å². The SMILES string of the molecule is S=C(N[C@@H]1C[C@@H]2CC[C@@H]1C2)N1CC[NH+](C(c2ccccc2)c2ccccc2)CC1. The highest BCUT2D eigenvalue weighted by Crippen LogP contribution is 2.44. The van der Waals surface area contributed by atoms with E-state index >= 15 is 0 Å². The minimum atomic E-state index is 0.395. The Morgan fingerprint density at radius 1 is 0.897 bits per heavy atom. The maximum absolute atomic E-state index is 5.82. The zero-order chi connectivity index (χ0) is 19.6. The Kier molecular flexibility index (Phi) is 5.56. The molecule has 2 aromatic rings. The van der Waals surface area contributed by atoms with Gasteiger partial charge in [-0.3, -0.25) is 0 Å². The van der Waals surface area contributed by atoms with Crippen LogP contribution in [0.1, 0.15) is 42.9 Å². The topological polar surface area (TPSA) is 19.7 Å². The zero-order valence-electron chi connectivity index (χ0n) is 17.1. The predicted octanol–water partition coefficient (Wildman–Crippen LogP) is 3.04. The van der Waals surface area contributed by atoms with Crippen LogP contribution < -0.4 is 10.2 Å². The first-order valence-corrected chi connectivity index (χ1v) is 11.7. The van der Waals surface area contributed by atoms with Crippen LogP contribution in [0.5, 0.6) is 0 Å². The van der Waals surface area contributed by atoms with E-state index in [2.05, 4.69) is 70.9 Å². The third-order valence-corrected chi connectivity index (χ3v) is 7.79. The maximum atomic E-state index is 5.82. The van der Waals surface area contributed by atoms with Gasteiger partial charge in [-0.15, -0.1) is 0 Å². The standard InChI is InChI=1S/C25H31N3S/c29-25(26-23-18-19-11-12-22(23)17-19)28-15-13-27(14-16-28)24(20-7-3-1-4-8-20)21-9-5-2-6-10-21/h1-10,19,22-24H,11-18H2,(H,26,29)/p+1/t19-,22-,23-/m1/s1. The molecule has 0 radical (unpaired) electrons. The van der Waals surface area contributed by atoms with E-state index in [1.807, 2.05) is 0 Å². The lowest BCUT2D eigenvalue weighted by Crippen LogP contribution is -3.15. The van der Waals surface area contributed by atoms with Crippen molar-refractivity contribution in [3.05, 3.63) is 71.8 Å². The maximum Gasteiger partial charge on any atom is 0.169 e. The van der Waals surface area contributed by atoms with Crippen molar-refractivity contribution in [2.75, 3.05) is 26.2 Å². The first-order chi connectivity index (χ1) is 14.3. The molecular weight excluding hydrogens is 374 g/mol. The average molecular weight is 407 g/mol. The number of piperazine rings is 1. The van der Waals surface area contributed by atoms with E-state index in [-0.39, 0.29) is 0 Å². The molecule has 5 rings (SSSR count). The van der Waals surface area contributed by atoms with Crippen LogP contribution in [0.2, 0.25) is 0 Å². The Morgan fingerprint density at radius 2 is 1.52 bits per heavy atom. The summed E-state index contributed by atoms with van der Waals surface area (Å²) in [6, 6.07) is 23.0. The number of hydrogen-bond donors (Lipinski definition) is 2. The van der Waals surface area contributed by atoms with Crippen LogP contribution in [-0.4, -0.2) is 42.2 Å². The number of quaternary nitrogens is 1. The second kappa shape index (κ2) is 8.45. The largest absolute Gasteiger partial charge is 0.360 e. The van der Waals surface area contributed by atoms with Crippen molar-refractivity contribution >= 4 is 17.3 Å². The fourth-order valence-corrected chi connectivity index (χ4v) is 6.25. The normalized spacial score (nSPS) is 26.8. The van der Waals surface area contributed by atoms with Crippen LogP contribution in [0.15, 0.2) is 60.7 Å². The Morgan fingerprint density at radius 3 is 2.03 bits per heavy atom. The molecule has 3 aliphatic rings. The van der Waals surface area contributed by atoms with Gasteiger partial charge in [0.1, 0.15) is 6.04 Å². The van der Waals surface area contributed by atoms with Gasteiger partial charge in [0.25, 0.3) is 0 Å². The van der Waals surface area contributed by atoms with Gasteiger partial charge in [0.05, 0.1) is 26.2 Å². The third kappa shape index (κ3) is 4.06. The molecule has 2 bridgehead atoms. The molecule has 29 heavy (non-hydrogen) atoms. The number of benzene rings is 2. The predicted molar refractivity (Wildman–Crippen MR) is 122 cm³/mol. The number of rotatable bonds is 4. The van der Waals surface area contributed by atoms with Crippen molar-refractivity contribution in [3.63, 3.8) is 0 Å². The van der Waals surface area contributed by atoms with Crippen LogP contribution in [0.4, 0.5) is 0 Å². The lowest BCUT2D eigenvalue weighted by molar-refractivity contribution is -0.929. The minimum absolute atomic E-state index is 0.395. The summed E-state index contributed by atoms with van der Waals surface area (Å²) in [5.74, 6) is 1.82. The van der Waals surface area contributed by atoms with Crippen molar-refractivity contribution in [1.82, 2.24) is 10.2 Å². The molecule has 1 saturated heterocycles. The fourth-order valence-electron chi connectivity index (χ4n) is 5.91. The first-order valence-electron chi connectivity index (χ1n) is 11.3. The van der Waals surface area contributed by atoms with E-state index in [9.17, 15) is 0 Å². The van der Waals surface area contributed by atoms with Crippen LogP contribution in [0.3, 0.4) is 0 Å². The molecule has 3 fully saturated rings. The summed E-state index contributed by atoms with van der Waals surface area (Å²) in [6.45, 7) is 4.32. The van der Waals surface area contributed by atoms with E-state index in [0.717, 1.165) is 43.1 Å².